The van der Waals surface area contributed by atoms with Gasteiger partial charge in [0.2, 0.25) is 0 Å². The van der Waals surface area contributed by atoms with Gasteiger partial charge in [-0.25, -0.2) is 0 Å². The Hall–Kier alpha value is -1.42. The Morgan fingerprint density at radius 3 is 2.80 bits per heavy atom. The van der Waals surface area contributed by atoms with E-state index in [1.807, 2.05) is 0 Å². The Labute approximate surface area is 93.8 Å². The third kappa shape index (κ3) is 2.76. The van der Waals surface area contributed by atoms with Crippen molar-refractivity contribution < 1.29 is 14.6 Å². The second-order valence-corrected chi connectivity index (χ2v) is 3.23. The number of aromatic hydroxyl groups is 1. The van der Waals surface area contributed by atoms with Gasteiger partial charge in [0.05, 0.1) is 7.11 Å². The predicted molar refractivity (Wildman–Crippen MR) is 62.9 cm³/mol. The van der Waals surface area contributed by atoms with E-state index in [-0.39, 0.29) is 5.75 Å². The summed E-state index contributed by atoms with van der Waals surface area (Å²) in [4.78, 5) is 10.6. The Balaban J connectivity index is 3.23. The Morgan fingerprint density at radius 1 is 1.53 bits per heavy atom. The maximum absolute atomic E-state index is 10.6. The highest BCUT2D eigenvalue weighted by Gasteiger charge is 2.07. The van der Waals surface area contributed by atoms with Crippen molar-refractivity contribution in [1.82, 2.24) is 0 Å². The quantitative estimate of drug-likeness (QED) is 0.608. The number of hydrogen-bond acceptors (Lipinski definition) is 4. The number of thiol groups is 1. The van der Waals surface area contributed by atoms with E-state index >= 15 is 0 Å². The van der Waals surface area contributed by atoms with E-state index in [2.05, 4.69) is 12.6 Å². The first-order valence-electron chi connectivity index (χ1n) is 4.36. The van der Waals surface area contributed by atoms with E-state index in [9.17, 15) is 9.90 Å². The summed E-state index contributed by atoms with van der Waals surface area (Å²) in [6.07, 6.45) is 4.17. The van der Waals surface area contributed by atoms with Crippen LogP contribution in [0.1, 0.15) is 15.9 Å². The maximum atomic E-state index is 10.6. The molecule has 3 nitrogen and oxygen atoms in total. The van der Waals surface area contributed by atoms with E-state index in [1.165, 1.54) is 13.2 Å². The summed E-state index contributed by atoms with van der Waals surface area (Å²) in [5.74, 6) is 0.882. The fourth-order valence-corrected chi connectivity index (χ4v) is 1.29. The lowest BCUT2D eigenvalue weighted by Gasteiger charge is -2.07. The van der Waals surface area contributed by atoms with Gasteiger partial charge < -0.3 is 9.84 Å². The van der Waals surface area contributed by atoms with Gasteiger partial charge in [-0.3, -0.25) is 4.79 Å². The number of carbonyl (C=O) groups is 1. The number of methoxy groups -OCH3 is 1. The molecule has 0 aliphatic heterocycles. The molecular weight excluding hydrogens is 212 g/mol. The zero-order valence-corrected chi connectivity index (χ0v) is 9.20. The largest absolute Gasteiger partial charge is 0.504 e. The molecule has 0 heterocycles. The molecule has 1 N–H and O–H groups in total. The molecule has 0 saturated heterocycles. The van der Waals surface area contributed by atoms with Crippen LogP contribution in [0.2, 0.25) is 0 Å². The summed E-state index contributed by atoms with van der Waals surface area (Å²) in [7, 11) is 1.44. The van der Waals surface area contributed by atoms with Crippen LogP contribution in [-0.4, -0.2) is 24.3 Å². The highest BCUT2D eigenvalue weighted by molar-refractivity contribution is 7.80. The molecule has 0 fully saturated rings. The van der Waals surface area contributed by atoms with Crippen LogP contribution in [-0.2, 0) is 0 Å². The molecule has 4 heteroatoms. The molecule has 1 aromatic rings. The average molecular weight is 224 g/mol. The molecule has 15 heavy (non-hydrogen) atoms. The summed E-state index contributed by atoms with van der Waals surface area (Å²) in [5.41, 5.74) is 1.01. The maximum Gasteiger partial charge on any atom is 0.165 e. The minimum Gasteiger partial charge on any atom is -0.504 e. The zero-order chi connectivity index (χ0) is 11.3. The van der Waals surface area contributed by atoms with Crippen LogP contribution in [0.25, 0.3) is 6.08 Å². The molecule has 80 valence electrons. The van der Waals surface area contributed by atoms with Gasteiger partial charge in [0, 0.05) is 16.9 Å². The molecule has 0 unspecified atom stereocenters. The van der Waals surface area contributed by atoms with Crippen molar-refractivity contribution in [1.29, 1.82) is 0 Å². The van der Waals surface area contributed by atoms with Gasteiger partial charge in [-0.05, 0) is 12.1 Å². The van der Waals surface area contributed by atoms with Gasteiger partial charge in [0.25, 0.3) is 0 Å². The number of hydrogen-bond donors (Lipinski definition) is 2. The van der Waals surface area contributed by atoms with Crippen LogP contribution in [0, 0.1) is 0 Å². The van der Waals surface area contributed by atoms with Crippen LogP contribution in [0.15, 0.2) is 18.2 Å². The minimum absolute atomic E-state index is 0.0288. The van der Waals surface area contributed by atoms with Crippen LogP contribution >= 0.6 is 12.6 Å². The summed E-state index contributed by atoms with van der Waals surface area (Å²) >= 11 is 4.01. The summed E-state index contributed by atoms with van der Waals surface area (Å²) in [6, 6.07) is 3.07. The molecule has 0 saturated carbocycles. The van der Waals surface area contributed by atoms with Gasteiger partial charge >= 0.3 is 0 Å². The number of phenols is 1. The third-order valence-electron chi connectivity index (χ3n) is 1.89. The SMILES string of the molecule is COc1cc(C=O)cc(C=CCS)c1O. The zero-order valence-electron chi connectivity index (χ0n) is 8.30. The minimum atomic E-state index is 0.0288. The van der Waals surface area contributed by atoms with Gasteiger partial charge in [0.15, 0.2) is 11.5 Å². The van der Waals surface area contributed by atoms with E-state index in [0.717, 1.165) is 0 Å². The summed E-state index contributed by atoms with van der Waals surface area (Å²) in [5, 5.41) is 9.72. The Morgan fingerprint density at radius 2 is 2.27 bits per heavy atom. The van der Waals surface area contributed by atoms with Crippen LogP contribution in [0.4, 0.5) is 0 Å². The number of ether oxygens (including phenoxy) is 1. The Bertz CT molecular complexity index is 386. The molecule has 0 aliphatic carbocycles. The number of carbonyl (C=O) groups excluding carboxylic acids is 1. The van der Waals surface area contributed by atoms with E-state index in [0.29, 0.717) is 28.9 Å². The van der Waals surface area contributed by atoms with Crippen molar-refractivity contribution in [3.05, 3.63) is 29.3 Å². The first kappa shape index (κ1) is 11.7. The van der Waals surface area contributed by atoms with Gasteiger partial charge in [-0.2, -0.15) is 12.6 Å². The first-order chi connectivity index (χ1) is 7.22. The lowest BCUT2D eigenvalue weighted by molar-refractivity contribution is 0.112. The van der Waals surface area contributed by atoms with Gasteiger partial charge in [0.1, 0.15) is 6.29 Å². The van der Waals surface area contributed by atoms with Crippen molar-refractivity contribution in [2.75, 3.05) is 12.9 Å². The summed E-state index contributed by atoms with van der Waals surface area (Å²) in [6.45, 7) is 0. The lowest BCUT2D eigenvalue weighted by atomic mass is 10.1. The first-order valence-corrected chi connectivity index (χ1v) is 4.99. The number of aldehydes is 1. The van der Waals surface area contributed by atoms with Crippen molar-refractivity contribution >= 4 is 25.0 Å². The summed E-state index contributed by atoms with van der Waals surface area (Å²) < 4.78 is 4.95. The number of rotatable bonds is 4. The molecule has 0 atom stereocenters. The van der Waals surface area contributed by atoms with Crippen LogP contribution < -0.4 is 4.74 Å². The lowest BCUT2D eigenvalue weighted by Crippen LogP contribution is -1.89. The molecule has 0 radical (unpaired) electrons. The van der Waals surface area contributed by atoms with E-state index < -0.39 is 0 Å². The molecule has 0 aromatic heterocycles. The monoisotopic (exact) mass is 224 g/mol. The fraction of sp³-hybridized carbons (Fsp3) is 0.182. The second-order valence-electron chi connectivity index (χ2n) is 2.86. The number of phenolic OH excluding ortho intramolecular Hbond substituents is 1. The van der Waals surface area contributed by atoms with Gasteiger partial charge in [-0.15, -0.1) is 0 Å². The Kier molecular flexibility index (Phi) is 4.24. The molecular formula is C11H12O3S. The van der Waals surface area contributed by atoms with E-state index in [4.69, 9.17) is 4.74 Å². The molecule has 1 rings (SSSR count). The van der Waals surface area contributed by atoms with Crippen molar-refractivity contribution in [3.63, 3.8) is 0 Å². The van der Waals surface area contributed by atoms with Gasteiger partial charge in [-0.1, -0.05) is 12.2 Å². The standard InChI is InChI=1S/C11H12O3S/c1-14-10-6-8(7-12)5-9(11(10)13)3-2-4-15/h2-3,5-7,13,15H,4H2,1H3. The normalized spacial score (nSPS) is 10.5. The smallest absolute Gasteiger partial charge is 0.165 e. The average Bonchev–Trinajstić information content (AvgIpc) is 2.27. The van der Waals surface area contributed by atoms with Crippen molar-refractivity contribution in [2.24, 2.45) is 0 Å². The highest BCUT2D eigenvalue weighted by Crippen LogP contribution is 2.31. The molecule has 0 spiro atoms. The van der Waals surface area contributed by atoms with Crippen LogP contribution in [0.5, 0.6) is 11.5 Å². The van der Waals surface area contributed by atoms with Crippen molar-refractivity contribution in [3.8, 4) is 11.5 Å². The number of benzene rings is 1. The molecule has 0 amide bonds. The van der Waals surface area contributed by atoms with E-state index in [1.54, 1.807) is 18.2 Å². The topological polar surface area (TPSA) is 46.5 Å². The predicted octanol–water partition coefficient (Wildman–Crippen LogP) is 2.16. The highest BCUT2D eigenvalue weighted by atomic mass is 32.1. The molecule has 0 bridgehead atoms. The van der Waals surface area contributed by atoms with Crippen molar-refractivity contribution in [2.45, 2.75) is 0 Å². The molecule has 0 aliphatic rings. The van der Waals surface area contributed by atoms with Crippen LogP contribution in [0.3, 0.4) is 0 Å². The fourth-order valence-electron chi connectivity index (χ4n) is 1.18. The second kappa shape index (κ2) is 5.46. The molecule has 1 aromatic carbocycles. The third-order valence-corrected chi connectivity index (χ3v) is 2.10.